The molecule has 1 heterocycles. The number of hydrogen-bond acceptors (Lipinski definition) is 0. The third-order valence-electron chi connectivity index (χ3n) is 3.06. The summed E-state index contributed by atoms with van der Waals surface area (Å²) in [5.74, 6) is 0. The minimum absolute atomic E-state index is 1.24. The van der Waals surface area contributed by atoms with Crippen molar-refractivity contribution in [1.29, 1.82) is 0 Å². The molecule has 0 radical (unpaired) electrons. The fraction of sp³-hybridized carbons (Fsp3) is 0. The van der Waals surface area contributed by atoms with Crippen LogP contribution in [0.2, 0.25) is 0 Å². The predicted octanol–water partition coefficient (Wildman–Crippen LogP) is 0.909. The van der Waals surface area contributed by atoms with Crippen molar-refractivity contribution >= 4 is 65.7 Å². The number of H-pyrrole nitrogens is 1. The normalized spacial score (nSPS) is 11.5. The van der Waals surface area contributed by atoms with Gasteiger partial charge in [-0.25, -0.2) is 0 Å². The average Bonchev–Trinajstić information content (AvgIpc) is 2.58. The molecule has 1 nitrogen and oxygen atoms in total. The van der Waals surface area contributed by atoms with Crippen molar-refractivity contribution in [3.63, 3.8) is 0 Å². The Morgan fingerprint density at radius 3 is 1.67 bits per heavy atom. The van der Waals surface area contributed by atoms with E-state index in [9.17, 15) is 0 Å². The Bertz CT molecular complexity index is 599. The van der Waals surface area contributed by atoms with Crippen LogP contribution in [-0.2, 0) is 0 Å². The quantitative estimate of drug-likeness (QED) is 0.493. The number of rotatable bonds is 0. The Labute approximate surface area is 107 Å². The van der Waals surface area contributed by atoms with E-state index in [1.165, 1.54) is 30.3 Å². The standard InChI is InChI=1S/C12H7N.2Li/c1-3-7-11-9(5-1)10-6-2-4-8-12(10)13-11;;/h1-4,7-8,13H;;. The van der Waals surface area contributed by atoms with E-state index in [1.54, 1.807) is 0 Å². The van der Waals surface area contributed by atoms with Crippen LogP contribution >= 0.6 is 0 Å². The molecule has 0 amide bonds. The number of aromatic nitrogens is 1. The molecule has 0 saturated carbocycles. The van der Waals surface area contributed by atoms with E-state index in [0.717, 1.165) is 0 Å². The average molecular weight is 179 g/mol. The number of hydrogen-bond donors (Lipinski definition) is 1. The zero-order chi connectivity index (χ0) is 10.4. The third kappa shape index (κ3) is 1.40. The number of fused-ring (bicyclic) bond motifs is 3. The zero-order valence-electron chi connectivity index (χ0n) is 8.96. The van der Waals surface area contributed by atoms with E-state index in [1.807, 2.05) is 0 Å². The van der Waals surface area contributed by atoms with Gasteiger partial charge in [0.15, 0.2) is 0 Å². The van der Waals surface area contributed by atoms with Gasteiger partial charge >= 0.3 is 107 Å². The second-order valence-electron chi connectivity index (χ2n) is 4.12. The van der Waals surface area contributed by atoms with Crippen molar-refractivity contribution in [2.75, 3.05) is 0 Å². The first-order chi connectivity index (χ1) is 7.27. The van der Waals surface area contributed by atoms with E-state index in [4.69, 9.17) is 0 Å². The molecular formula is C12H7Li2N. The second kappa shape index (κ2) is 3.48. The number of aromatic amines is 1. The maximum atomic E-state index is 3.46. The molecule has 2 aromatic carbocycles. The van der Waals surface area contributed by atoms with Gasteiger partial charge in [0.2, 0.25) is 0 Å². The van der Waals surface area contributed by atoms with Gasteiger partial charge in [0.1, 0.15) is 0 Å². The van der Waals surface area contributed by atoms with Crippen LogP contribution in [-0.4, -0.2) is 40.4 Å². The molecule has 0 aliphatic carbocycles. The van der Waals surface area contributed by atoms with Crippen LogP contribution in [0.15, 0.2) is 36.4 Å². The topological polar surface area (TPSA) is 15.8 Å². The molecule has 0 atom stereocenters. The van der Waals surface area contributed by atoms with Gasteiger partial charge in [-0.1, -0.05) is 0 Å². The summed E-state index contributed by atoms with van der Waals surface area (Å²) < 4.78 is 2.68. The molecule has 3 rings (SSSR count). The van der Waals surface area contributed by atoms with Crippen molar-refractivity contribution < 1.29 is 0 Å². The van der Waals surface area contributed by atoms with Gasteiger partial charge in [-0.3, -0.25) is 0 Å². The summed E-state index contributed by atoms with van der Waals surface area (Å²) in [6.45, 7) is 0. The molecule has 62 valence electrons. The number of nitrogens with one attached hydrogen (secondary N) is 1. The minimum atomic E-state index is 1.24. The predicted molar refractivity (Wildman–Crippen MR) is 66.6 cm³/mol. The van der Waals surface area contributed by atoms with Crippen LogP contribution < -0.4 is 8.47 Å². The summed E-state index contributed by atoms with van der Waals surface area (Å²) in [6, 6.07) is 12.8. The van der Waals surface area contributed by atoms with Crippen LogP contribution in [0.3, 0.4) is 0 Å². The third-order valence-corrected chi connectivity index (χ3v) is 3.06. The molecule has 0 unspecified atom stereocenters. The van der Waals surface area contributed by atoms with Gasteiger partial charge < -0.3 is 0 Å². The first-order valence-electron chi connectivity index (χ1n) is 5.24. The van der Waals surface area contributed by atoms with Gasteiger partial charge in [0.25, 0.3) is 0 Å². The molecule has 0 aliphatic heterocycles. The van der Waals surface area contributed by atoms with E-state index < -0.39 is 0 Å². The monoisotopic (exact) mass is 179 g/mol. The first kappa shape index (κ1) is 9.65. The van der Waals surface area contributed by atoms with E-state index in [-0.39, 0.29) is 0 Å². The van der Waals surface area contributed by atoms with Gasteiger partial charge in [-0.05, 0) is 0 Å². The summed E-state index contributed by atoms with van der Waals surface area (Å²) >= 11 is 4.34. The Kier molecular flexibility index (Phi) is 2.24. The summed E-state index contributed by atoms with van der Waals surface area (Å²) in [6.07, 6.45) is 0. The van der Waals surface area contributed by atoms with Crippen LogP contribution in [0.1, 0.15) is 0 Å². The Morgan fingerprint density at radius 1 is 0.733 bits per heavy atom. The molecule has 3 heteroatoms. The van der Waals surface area contributed by atoms with Crippen LogP contribution in [0.5, 0.6) is 0 Å². The molecule has 0 fully saturated rings. The van der Waals surface area contributed by atoms with Crippen molar-refractivity contribution in [2.45, 2.75) is 0 Å². The summed E-state index contributed by atoms with van der Waals surface area (Å²) in [5.41, 5.74) is 2.47. The summed E-state index contributed by atoms with van der Waals surface area (Å²) in [5, 5.41) is 2.73. The molecule has 3 aromatic rings. The molecular weight excluding hydrogens is 172 g/mol. The molecule has 1 N–H and O–H groups in total. The number of benzene rings is 2. The summed E-state index contributed by atoms with van der Waals surface area (Å²) in [7, 11) is 0. The molecule has 15 heavy (non-hydrogen) atoms. The molecule has 0 bridgehead atoms. The molecule has 0 saturated heterocycles. The van der Waals surface area contributed by atoms with Gasteiger partial charge in [0, 0.05) is 0 Å². The fourth-order valence-electron chi connectivity index (χ4n) is 2.35. The Hall–Kier alpha value is -0.565. The zero-order valence-corrected chi connectivity index (χ0v) is 8.96. The Balaban J connectivity index is 2.67. The van der Waals surface area contributed by atoms with E-state index in [2.05, 4.69) is 76.8 Å². The summed E-state index contributed by atoms with van der Waals surface area (Å²) in [4.78, 5) is 3.46. The van der Waals surface area contributed by atoms with Crippen molar-refractivity contribution in [3.8, 4) is 0 Å². The van der Waals surface area contributed by atoms with Crippen molar-refractivity contribution in [1.82, 2.24) is 4.98 Å². The maximum absolute atomic E-state index is 3.46. The van der Waals surface area contributed by atoms with Gasteiger partial charge in [-0.15, -0.1) is 0 Å². The first-order valence-corrected chi connectivity index (χ1v) is 5.24. The van der Waals surface area contributed by atoms with Crippen molar-refractivity contribution in [3.05, 3.63) is 36.4 Å². The Morgan fingerprint density at radius 2 is 1.20 bits per heavy atom. The molecule has 0 spiro atoms. The van der Waals surface area contributed by atoms with E-state index >= 15 is 0 Å². The van der Waals surface area contributed by atoms with Crippen LogP contribution in [0, 0.1) is 0 Å². The van der Waals surface area contributed by atoms with Crippen LogP contribution in [0.25, 0.3) is 21.8 Å². The molecule has 0 aliphatic rings. The van der Waals surface area contributed by atoms with Crippen LogP contribution in [0.4, 0.5) is 0 Å². The second-order valence-corrected chi connectivity index (χ2v) is 4.12. The fourth-order valence-corrected chi connectivity index (χ4v) is 2.35. The molecule has 1 aromatic heterocycles. The van der Waals surface area contributed by atoms with Crippen molar-refractivity contribution in [2.24, 2.45) is 0 Å². The van der Waals surface area contributed by atoms with E-state index in [0.29, 0.717) is 0 Å². The SMILES string of the molecule is [Li][c]1cccc2[nH]c3ccc[c]([Li])c3c12. The van der Waals surface area contributed by atoms with Gasteiger partial charge in [0.05, 0.1) is 0 Å². The van der Waals surface area contributed by atoms with Gasteiger partial charge in [-0.2, -0.15) is 0 Å².